The summed E-state index contributed by atoms with van der Waals surface area (Å²) >= 11 is 0. The van der Waals surface area contributed by atoms with E-state index in [9.17, 15) is 10.1 Å². The summed E-state index contributed by atoms with van der Waals surface area (Å²) in [4.78, 5) is 10.6. The van der Waals surface area contributed by atoms with Crippen LogP contribution in [0.4, 0.5) is 11.4 Å². The molecular formula is C17H20N2O2. The van der Waals surface area contributed by atoms with Crippen LogP contribution in [0, 0.1) is 30.9 Å². The molecule has 0 spiro atoms. The van der Waals surface area contributed by atoms with Gasteiger partial charge in [-0.05, 0) is 50.5 Å². The third-order valence-electron chi connectivity index (χ3n) is 3.90. The van der Waals surface area contributed by atoms with Gasteiger partial charge in [0.05, 0.1) is 4.92 Å². The molecule has 0 radical (unpaired) electrons. The van der Waals surface area contributed by atoms with E-state index in [1.807, 2.05) is 6.07 Å². The van der Waals surface area contributed by atoms with Gasteiger partial charge in [-0.2, -0.15) is 0 Å². The van der Waals surface area contributed by atoms with Gasteiger partial charge in [0, 0.05) is 23.4 Å². The first-order valence-electron chi connectivity index (χ1n) is 6.98. The minimum Gasteiger partial charge on any atom is -0.378 e. The number of rotatable bonds is 4. The molecule has 0 aliphatic carbocycles. The lowest BCUT2D eigenvalue weighted by atomic mass is 10.0. The quantitative estimate of drug-likeness (QED) is 0.654. The lowest BCUT2D eigenvalue weighted by Gasteiger charge is -2.18. The molecule has 0 saturated carbocycles. The van der Waals surface area contributed by atoms with E-state index in [4.69, 9.17) is 0 Å². The highest BCUT2D eigenvalue weighted by Crippen LogP contribution is 2.28. The lowest BCUT2D eigenvalue weighted by molar-refractivity contribution is -0.385. The van der Waals surface area contributed by atoms with Crippen molar-refractivity contribution in [2.45, 2.75) is 33.7 Å². The third kappa shape index (κ3) is 3.21. The molecule has 0 bridgehead atoms. The molecule has 1 unspecified atom stereocenters. The molecule has 2 aromatic rings. The van der Waals surface area contributed by atoms with Gasteiger partial charge in [-0.3, -0.25) is 10.1 Å². The normalized spacial score (nSPS) is 12.0. The highest BCUT2D eigenvalue weighted by molar-refractivity contribution is 5.60. The molecule has 1 atom stereocenters. The Hall–Kier alpha value is -2.36. The molecule has 0 aliphatic heterocycles. The lowest BCUT2D eigenvalue weighted by Crippen LogP contribution is -2.08. The smallest absolute Gasteiger partial charge is 0.274 e. The van der Waals surface area contributed by atoms with Crippen molar-refractivity contribution in [1.82, 2.24) is 0 Å². The first kappa shape index (κ1) is 15.0. The van der Waals surface area contributed by atoms with Crippen LogP contribution in [0.3, 0.4) is 0 Å². The number of hydrogen-bond donors (Lipinski definition) is 1. The highest BCUT2D eigenvalue weighted by Gasteiger charge is 2.15. The molecule has 0 fully saturated rings. The SMILES string of the molecule is Cc1ccc(C(C)Nc2cccc([N+](=O)[O-])c2C)cc1C. The van der Waals surface area contributed by atoms with Crippen molar-refractivity contribution >= 4 is 11.4 Å². The summed E-state index contributed by atoms with van der Waals surface area (Å²) in [5.74, 6) is 0. The van der Waals surface area contributed by atoms with Crippen LogP contribution in [0.2, 0.25) is 0 Å². The summed E-state index contributed by atoms with van der Waals surface area (Å²) in [6, 6.07) is 11.5. The number of aryl methyl sites for hydroxylation is 2. The van der Waals surface area contributed by atoms with Crippen LogP contribution in [0.1, 0.15) is 35.2 Å². The van der Waals surface area contributed by atoms with E-state index in [0.717, 1.165) is 5.69 Å². The molecule has 110 valence electrons. The van der Waals surface area contributed by atoms with E-state index < -0.39 is 0 Å². The van der Waals surface area contributed by atoms with Gasteiger partial charge in [0.15, 0.2) is 0 Å². The average molecular weight is 284 g/mol. The minimum absolute atomic E-state index is 0.0880. The number of hydrogen-bond acceptors (Lipinski definition) is 3. The molecule has 0 heterocycles. The standard InChI is InChI=1S/C17H20N2O2/c1-11-8-9-15(10-12(11)2)14(4)18-16-6-5-7-17(13(16)3)19(20)21/h5-10,14,18H,1-4H3. The van der Waals surface area contributed by atoms with Gasteiger partial charge in [-0.1, -0.05) is 24.3 Å². The molecule has 2 aromatic carbocycles. The van der Waals surface area contributed by atoms with Crippen LogP contribution in [0.5, 0.6) is 0 Å². The van der Waals surface area contributed by atoms with Gasteiger partial charge in [0.2, 0.25) is 0 Å². The predicted octanol–water partition coefficient (Wildman–Crippen LogP) is 4.69. The van der Waals surface area contributed by atoms with E-state index in [1.165, 1.54) is 22.8 Å². The minimum atomic E-state index is -0.346. The molecule has 1 N–H and O–H groups in total. The second kappa shape index (κ2) is 5.95. The number of anilines is 1. The Morgan fingerprint density at radius 2 is 1.81 bits per heavy atom. The zero-order valence-electron chi connectivity index (χ0n) is 12.8. The molecule has 0 amide bonds. The van der Waals surface area contributed by atoms with Gasteiger partial charge in [-0.25, -0.2) is 0 Å². The van der Waals surface area contributed by atoms with Crippen molar-refractivity contribution in [3.8, 4) is 0 Å². The van der Waals surface area contributed by atoms with Crippen molar-refractivity contribution in [3.05, 3.63) is 68.8 Å². The van der Waals surface area contributed by atoms with Gasteiger partial charge < -0.3 is 5.32 Å². The average Bonchev–Trinajstić information content (AvgIpc) is 2.43. The Labute approximate surface area is 125 Å². The number of nitrogens with one attached hydrogen (secondary N) is 1. The van der Waals surface area contributed by atoms with Crippen LogP contribution >= 0.6 is 0 Å². The predicted molar refractivity (Wildman–Crippen MR) is 85.8 cm³/mol. The Morgan fingerprint density at radius 1 is 1.10 bits per heavy atom. The summed E-state index contributed by atoms with van der Waals surface area (Å²) in [6.07, 6.45) is 0. The monoisotopic (exact) mass is 284 g/mol. The fraction of sp³-hybridized carbons (Fsp3) is 0.294. The van der Waals surface area contributed by atoms with E-state index in [2.05, 4.69) is 44.3 Å². The molecule has 2 rings (SSSR count). The third-order valence-corrected chi connectivity index (χ3v) is 3.90. The van der Waals surface area contributed by atoms with E-state index in [0.29, 0.717) is 5.56 Å². The largest absolute Gasteiger partial charge is 0.378 e. The highest BCUT2D eigenvalue weighted by atomic mass is 16.6. The second-order valence-corrected chi connectivity index (χ2v) is 5.42. The molecule has 0 aromatic heterocycles. The fourth-order valence-corrected chi connectivity index (χ4v) is 2.33. The number of nitrogens with zero attached hydrogens (tertiary/aromatic N) is 1. The molecule has 0 saturated heterocycles. The van der Waals surface area contributed by atoms with Crippen molar-refractivity contribution < 1.29 is 4.92 Å². The number of nitro groups is 1. The van der Waals surface area contributed by atoms with E-state index in [-0.39, 0.29) is 16.7 Å². The summed E-state index contributed by atoms with van der Waals surface area (Å²) < 4.78 is 0. The topological polar surface area (TPSA) is 55.2 Å². The summed E-state index contributed by atoms with van der Waals surface area (Å²) in [5, 5.41) is 14.4. The van der Waals surface area contributed by atoms with Gasteiger partial charge in [0.25, 0.3) is 5.69 Å². The van der Waals surface area contributed by atoms with Crippen LogP contribution < -0.4 is 5.32 Å². The van der Waals surface area contributed by atoms with Crippen LogP contribution in [0.15, 0.2) is 36.4 Å². The Kier molecular flexibility index (Phi) is 4.26. The summed E-state index contributed by atoms with van der Waals surface area (Å²) in [5.41, 5.74) is 5.29. The second-order valence-electron chi connectivity index (χ2n) is 5.42. The van der Waals surface area contributed by atoms with Gasteiger partial charge in [0.1, 0.15) is 0 Å². The van der Waals surface area contributed by atoms with Crippen molar-refractivity contribution in [2.75, 3.05) is 5.32 Å². The Morgan fingerprint density at radius 3 is 2.43 bits per heavy atom. The first-order chi connectivity index (χ1) is 9.90. The van der Waals surface area contributed by atoms with E-state index >= 15 is 0 Å². The maximum absolute atomic E-state index is 11.0. The summed E-state index contributed by atoms with van der Waals surface area (Å²) in [7, 11) is 0. The fourth-order valence-electron chi connectivity index (χ4n) is 2.33. The van der Waals surface area contributed by atoms with Gasteiger partial charge >= 0.3 is 0 Å². The molecule has 4 nitrogen and oxygen atoms in total. The summed E-state index contributed by atoms with van der Waals surface area (Å²) in [6.45, 7) is 8.00. The maximum Gasteiger partial charge on any atom is 0.274 e. The van der Waals surface area contributed by atoms with Crippen molar-refractivity contribution in [1.29, 1.82) is 0 Å². The van der Waals surface area contributed by atoms with Crippen LogP contribution in [-0.2, 0) is 0 Å². The van der Waals surface area contributed by atoms with Gasteiger partial charge in [-0.15, -0.1) is 0 Å². The van der Waals surface area contributed by atoms with Crippen LogP contribution in [-0.4, -0.2) is 4.92 Å². The molecular weight excluding hydrogens is 264 g/mol. The van der Waals surface area contributed by atoms with Crippen molar-refractivity contribution in [2.24, 2.45) is 0 Å². The van der Waals surface area contributed by atoms with E-state index in [1.54, 1.807) is 13.0 Å². The van der Waals surface area contributed by atoms with Crippen LogP contribution in [0.25, 0.3) is 0 Å². The number of benzene rings is 2. The molecule has 4 heteroatoms. The number of nitro benzene ring substituents is 1. The maximum atomic E-state index is 11.0. The Balaban J connectivity index is 2.27. The zero-order valence-corrected chi connectivity index (χ0v) is 12.8. The molecule has 21 heavy (non-hydrogen) atoms. The molecule has 0 aliphatic rings. The van der Waals surface area contributed by atoms with Crippen molar-refractivity contribution in [3.63, 3.8) is 0 Å². The Bertz CT molecular complexity index is 680. The zero-order chi connectivity index (χ0) is 15.6. The first-order valence-corrected chi connectivity index (χ1v) is 6.98.